The van der Waals surface area contributed by atoms with E-state index in [-0.39, 0.29) is 12.5 Å². The van der Waals surface area contributed by atoms with Gasteiger partial charge in [-0.3, -0.25) is 9.89 Å². The Kier molecular flexibility index (Phi) is 7.21. The molecular weight excluding hydrogens is 426 g/mol. The zero-order valence-corrected chi connectivity index (χ0v) is 18.0. The number of nitrogens with zero attached hydrogens (tertiary/aromatic N) is 3. The predicted octanol–water partition coefficient (Wildman–Crippen LogP) is 4.06. The summed E-state index contributed by atoms with van der Waals surface area (Å²) in [6.07, 6.45) is 2.33. The second-order valence-electron chi connectivity index (χ2n) is 6.08. The van der Waals surface area contributed by atoms with Crippen molar-refractivity contribution in [3.63, 3.8) is 0 Å². The predicted molar refractivity (Wildman–Crippen MR) is 118 cm³/mol. The molecule has 30 heavy (non-hydrogen) atoms. The standard InChI is InChI=1S/C20H20ClN5O3S/c1-3-18-24-25-20(30)26(18)22-11-13-8-9-16(17(10-13)28-2)29-12-19(27)23-15-7-5-4-6-14(15)21/h4-11H,3,12H2,1-2H3,(H,23,27)(H,25,30)/b22-11+. The molecular formula is C20H20ClN5O3S. The number of nitrogens with one attached hydrogen (secondary N) is 2. The second kappa shape index (κ2) is 10.0. The number of aromatic nitrogens is 3. The molecule has 0 radical (unpaired) electrons. The van der Waals surface area contributed by atoms with Crippen molar-refractivity contribution in [3.05, 3.63) is 63.6 Å². The summed E-state index contributed by atoms with van der Waals surface area (Å²) in [6, 6.07) is 12.2. The van der Waals surface area contributed by atoms with E-state index in [1.54, 1.807) is 53.4 Å². The monoisotopic (exact) mass is 445 g/mol. The third kappa shape index (κ3) is 5.25. The lowest BCUT2D eigenvalue weighted by atomic mass is 10.2. The third-order valence-electron chi connectivity index (χ3n) is 4.05. The number of aromatic amines is 1. The van der Waals surface area contributed by atoms with Crippen LogP contribution in [-0.2, 0) is 11.2 Å². The molecule has 0 aliphatic heterocycles. The lowest BCUT2D eigenvalue weighted by Crippen LogP contribution is -2.20. The maximum Gasteiger partial charge on any atom is 0.262 e. The minimum atomic E-state index is -0.336. The van der Waals surface area contributed by atoms with Crippen molar-refractivity contribution >= 4 is 41.6 Å². The smallest absolute Gasteiger partial charge is 0.262 e. The van der Waals surface area contributed by atoms with E-state index in [4.69, 9.17) is 33.3 Å². The number of methoxy groups -OCH3 is 1. The Hall–Kier alpha value is -3.17. The van der Waals surface area contributed by atoms with Crippen LogP contribution < -0.4 is 14.8 Å². The molecule has 3 rings (SSSR count). The van der Waals surface area contributed by atoms with Gasteiger partial charge in [0, 0.05) is 6.42 Å². The van der Waals surface area contributed by atoms with E-state index in [0.717, 1.165) is 11.4 Å². The van der Waals surface area contributed by atoms with Gasteiger partial charge in [0.2, 0.25) is 4.77 Å². The zero-order valence-electron chi connectivity index (χ0n) is 16.4. The first kappa shape index (κ1) is 21.5. The van der Waals surface area contributed by atoms with Crippen LogP contribution in [0, 0.1) is 4.77 Å². The van der Waals surface area contributed by atoms with Crippen molar-refractivity contribution in [1.29, 1.82) is 0 Å². The zero-order chi connectivity index (χ0) is 21.5. The van der Waals surface area contributed by atoms with Gasteiger partial charge >= 0.3 is 0 Å². The number of rotatable bonds is 8. The number of hydrogen-bond acceptors (Lipinski definition) is 6. The summed E-state index contributed by atoms with van der Waals surface area (Å²) in [7, 11) is 1.52. The highest BCUT2D eigenvalue weighted by Crippen LogP contribution is 2.28. The van der Waals surface area contributed by atoms with Crippen LogP contribution in [-0.4, -0.2) is 40.7 Å². The number of para-hydroxylation sites is 1. The molecule has 10 heteroatoms. The number of hydrogen-bond donors (Lipinski definition) is 2. The first-order chi connectivity index (χ1) is 14.5. The molecule has 0 aliphatic carbocycles. The summed E-state index contributed by atoms with van der Waals surface area (Å²) in [4.78, 5) is 12.2. The van der Waals surface area contributed by atoms with Gasteiger partial charge in [-0.1, -0.05) is 30.7 Å². The Morgan fingerprint density at radius 3 is 2.87 bits per heavy atom. The van der Waals surface area contributed by atoms with E-state index < -0.39 is 0 Å². The van der Waals surface area contributed by atoms with Crippen LogP contribution in [0.2, 0.25) is 5.02 Å². The van der Waals surface area contributed by atoms with Crippen LogP contribution in [0.15, 0.2) is 47.6 Å². The molecule has 3 aromatic rings. The number of halogens is 1. The maximum atomic E-state index is 12.2. The van der Waals surface area contributed by atoms with E-state index in [0.29, 0.717) is 33.4 Å². The number of aryl methyl sites for hydroxylation is 1. The first-order valence-electron chi connectivity index (χ1n) is 9.07. The molecule has 156 valence electrons. The lowest BCUT2D eigenvalue weighted by Gasteiger charge is -2.12. The van der Waals surface area contributed by atoms with Gasteiger partial charge in [0.1, 0.15) is 0 Å². The Bertz CT molecular complexity index is 1130. The maximum absolute atomic E-state index is 12.2. The fourth-order valence-corrected chi connectivity index (χ4v) is 2.95. The van der Waals surface area contributed by atoms with Crippen LogP contribution in [0.4, 0.5) is 5.69 Å². The quantitative estimate of drug-likeness (QED) is 0.402. The van der Waals surface area contributed by atoms with Crippen LogP contribution in [0.1, 0.15) is 18.3 Å². The molecule has 1 amide bonds. The average molecular weight is 446 g/mol. The molecule has 8 nitrogen and oxygen atoms in total. The third-order valence-corrected chi connectivity index (χ3v) is 4.64. The Morgan fingerprint density at radius 2 is 2.13 bits per heavy atom. The number of anilines is 1. The summed E-state index contributed by atoms with van der Waals surface area (Å²) in [5.74, 6) is 1.29. The highest BCUT2D eigenvalue weighted by atomic mass is 35.5. The van der Waals surface area contributed by atoms with E-state index >= 15 is 0 Å². The van der Waals surface area contributed by atoms with Crippen molar-refractivity contribution in [2.24, 2.45) is 5.10 Å². The summed E-state index contributed by atoms with van der Waals surface area (Å²) < 4.78 is 13.0. The van der Waals surface area contributed by atoms with Crippen molar-refractivity contribution in [2.45, 2.75) is 13.3 Å². The molecule has 0 aliphatic rings. The summed E-state index contributed by atoms with van der Waals surface area (Å²) in [5, 5.41) is 14.3. The highest BCUT2D eigenvalue weighted by Gasteiger charge is 2.10. The van der Waals surface area contributed by atoms with Crippen LogP contribution >= 0.6 is 23.8 Å². The van der Waals surface area contributed by atoms with E-state index in [1.807, 2.05) is 6.92 Å². The summed E-state index contributed by atoms with van der Waals surface area (Å²) in [5.41, 5.74) is 1.29. The molecule has 2 aromatic carbocycles. The SMILES string of the molecule is CCc1n[nH]c(=S)n1/N=C/c1ccc(OCC(=O)Nc2ccccc2Cl)c(OC)c1. The minimum absolute atomic E-state index is 0.195. The van der Waals surface area contributed by atoms with Gasteiger partial charge in [0.25, 0.3) is 5.91 Å². The van der Waals surface area contributed by atoms with Crippen molar-refractivity contribution < 1.29 is 14.3 Å². The molecule has 0 fully saturated rings. The normalized spacial score (nSPS) is 10.9. The molecule has 0 bridgehead atoms. The molecule has 2 N–H and O–H groups in total. The largest absolute Gasteiger partial charge is 0.493 e. The fraction of sp³-hybridized carbons (Fsp3) is 0.200. The van der Waals surface area contributed by atoms with Crippen molar-refractivity contribution in [3.8, 4) is 11.5 Å². The van der Waals surface area contributed by atoms with Gasteiger partial charge < -0.3 is 14.8 Å². The first-order valence-corrected chi connectivity index (χ1v) is 9.86. The van der Waals surface area contributed by atoms with Gasteiger partial charge in [0.05, 0.1) is 24.0 Å². The number of H-pyrrole nitrogens is 1. The summed E-state index contributed by atoms with van der Waals surface area (Å²) >= 11 is 11.2. The van der Waals surface area contributed by atoms with E-state index in [1.165, 1.54) is 7.11 Å². The topological polar surface area (TPSA) is 93.5 Å². The number of ether oxygens (including phenoxy) is 2. The van der Waals surface area contributed by atoms with E-state index in [2.05, 4.69) is 20.6 Å². The van der Waals surface area contributed by atoms with Gasteiger partial charge in [-0.05, 0) is 48.1 Å². The molecule has 1 heterocycles. The van der Waals surface area contributed by atoms with Crippen LogP contribution in [0.5, 0.6) is 11.5 Å². The van der Waals surface area contributed by atoms with Gasteiger partial charge in [-0.25, -0.2) is 0 Å². The van der Waals surface area contributed by atoms with Crippen molar-refractivity contribution in [2.75, 3.05) is 19.0 Å². The van der Waals surface area contributed by atoms with Gasteiger partial charge in [-0.15, -0.1) is 0 Å². The summed E-state index contributed by atoms with van der Waals surface area (Å²) in [6.45, 7) is 1.77. The van der Waals surface area contributed by atoms with Gasteiger partial charge in [0.15, 0.2) is 23.9 Å². The molecule has 0 saturated heterocycles. The molecule has 0 atom stereocenters. The Morgan fingerprint density at radius 1 is 1.33 bits per heavy atom. The number of amides is 1. The van der Waals surface area contributed by atoms with Crippen molar-refractivity contribution in [1.82, 2.24) is 14.9 Å². The van der Waals surface area contributed by atoms with Crippen LogP contribution in [0.25, 0.3) is 0 Å². The Labute approximate surface area is 183 Å². The minimum Gasteiger partial charge on any atom is -0.493 e. The molecule has 0 unspecified atom stereocenters. The number of carbonyl (C=O) groups is 1. The molecule has 0 spiro atoms. The lowest BCUT2D eigenvalue weighted by molar-refractivity contribution is -0.118. The Balaban J connectivity index is 1.67. The van der Waals surface area contributed by atoms with Gasteiger partial charge in [-0.2, -0.15) is 14.9 Å². The average Bonchev–Trinajstić information content (AvgIpc) is 3.12. The number of carbonyl (C=O) groups excluding carboxylic acids is 1. The van der Waals surface area contributed by atoms with E-state index in [9.17, 15) is 4.79 Å². The molecule has 0 saturated carbocycles. The second-order valence-corrected chi connectivity index (χ2v) is 6.88. The molecule has 1 aromatic heterocycles. The van der Waals surface area contributed by atoms with Crippen LogP contribution in [0.3, 0.4) is 0 Å². The highest BCUT2D eigenvalue weighted by molar-refractivity contribution is 7.71. The fourth-order valence-electron chi connectivity index (χ4n) is 2.57. The number of benzene rings is 2.